The number of alkyl halides is 3. The van der Waals surface area contributed by atoms with Crippen LogP contribution in [-0.4, -0.2) is 49.2 Å². The molecule has 0 saturated heterocycles. The minimum Gasteiger partial charge on any atom is -0.487 e. The summed E-state index contributed by atoms with van der Waals surface area (Å²) in [5, 5.41) is 2.54. The average Bonchev–Trinajstić information content (AvgIpc) is 3.61. The fourth-order valence-electron chi connectivity index (χ4n) is 5.92. The Hall–Kier alpha value is -4.50. The topological polar surface area (TPSA) is 153 Å². The fraction of sp³-hybridized carbons (Fsp3) is 0.353. The summed E-state index contributed by atoms with van der Waals surface area (Å²) in [6.45, 7) is 9.03. The number of amides is 1. The lowest BCUT2D eigenvalue weighted by Crippen LogP contribution is -2.41. The maximum absolute atomic E-state index is 13.7. The summed E-state index contributed by atoms with van der Waals surface area (Å²) in [6.07, 6.45) is -4.18. The summed E-state index contributed by atoms with van der Waals surface area (Å²) in [5.41, 5.74) is 6.93. The molecule has 3 aromatic carbocycles. The number of ether oxygens (including phenoxy) is 1. The smallest absolute Gasteiger partial charge is 0.417 e. The molecule has 4 N–H and O–H groups in total. The van der Waals surface area contributed by atoms with Gasteiger partial charge in [0.25, 0.3) is 15.9 Å². The number of Topliss-reactive ketones (excluding diaryl/α,β-unsaturated/α-hetero) is 1. The molecule has 0 spiro atoms. The van der Waals surface area contributed by atoms with Gasteiger partial charge < -0.3 is 15.8 Å². The van der Waals surface area contributed by atoms with E-state index in [0.29, 0.717) is 34.4 Å². The van der Waals surface area contributed by atoms with Crippen LogP contribution in [0.3, 0.4) is 0 Å². The van der Waals surface area contributed by atoms with Crippen LogP contribution in [0.15, 0.2) is 58.4 Å². The van der Waals surface area contributed by atoms with Crippen molar-refractivity contribution in [3.05, 3.63) is 86.9 Å². The van der Waals surface area contributed by atoms with Crippen LogP contribution in [-0.2, 0) is 22.6 Å². The van der Waals surface area contributed by atoms with Gasteiger partial charge in [0.05, 0.1) is 32.3 Å². The van der Waals surface area contributed by atoms with Gasteiger partial charge in [0.15, 0.2) is 5.01 Å². The highest BCUT2D eigenvalue weighted by Gasteiger charge is 2.38. The number of benzene rings is 3. The van der Waals surface area contributed by atoms with E-state index in [0.717, 1.165) is 33.7 Å². The largest absolute Gasteiger partial charge is 0.487 e. The van der Waals surface area contributed by atoms with E-state index in [9.17, 15) is 31.2 Å². The van der Waals surface area contributed by atoms with Crippen molar-refractivity contribution < 1.29 is 35.9 Å². The van der Waals surface area contributed by atoms with E-state index in [1.54, 1.807) is 45.0 Å². The van der Waals surface area contributed by atoms with Crippen LogP contribution >= 0.6 is 11.3 Å². The van der Waals surface area contributed by atoms with Gasteiger partial charge in [-0.3, -0.25) is 14.6 Å². The normalized spacial score (nSPS) is 15.1. The fourth-order valence-corrected chi connectivity index (χ4v) is 8.41. The molecule has 0 saturated carbocycles. The van der Waals surface area contributed by atoms with Crippen molar-refractivity contribution in [2.24, 2.45) is 10.7 Å². The average molecular weight is 716 g/mol. The summed E-state index contributed by atoms with van der Waals surface area (Å²) in [5.74, 6) is -1.36. The number of aromatic nitrogens is 1. The summed E-state index contributed by atoms with van der Waals surface area (Å²) < 4.78 is 77.1. The number of hydrogen-bond acceptors (Lipinski definition) is 8. The van der Waals surface area contributed by atoms with Crippen molar-refractivity contribution in [1.82, 2.24) is 15.0 Å². The number of nitrogens with two attached hydrogens (primary N) is 1. The molecular weight excluding hydrogens is 680 g/mol. The molecule has 0 radical (unpaired) electrons. The van der Waals surface area contributed by atoms with Crippen molar-refractivity contribution in [3.63, 3.8) is 0 Å². The second kappa shape index (κ2) is 13.4. The van der Waals surface area contributed by atoms with Gasteiger partial charge in [0.2, 0.25) is 11.7 Å². The van der Waals surface area contributed by atoms with Gasteiger partial charge in [-0.1, -0.05) is 24.3 Å². The van der Waals surface area contributed by atoms with E-state index in [4.69, 9.17) is 10.5 Å². The number of rotatable bonds is 10. The monoisotopic (exact) mass is 715 g/mol. The molecule has 260 valence electrons. The highest BCUT2D eigenvalue weighted by Crippen LogP contribution is 2.43. The zero-order valence-electron chi connectivity index (χ0n) is 27.5. The lowest BCUT2D eigenvalue weighted by molar-refractivity contribution is -0.137. The number of guanidine groups is 1. The van der Waals surface area contributed by atoms with Crippen LogP contribution in [0.2, 0.25) is 0 Å². The van der Waals surface area contributed by atoms with Gasteiger partial charge in [-0.05, 0) is 88.4 Å². The molecule has 1 amide bonds. The zero-order valence-corrected chi connectivity index (χ0v) is 29.1. The van der Waals surface area contributed by atoms with Crippen molar-refractivity contribution in [2.45, 2.75) is 76.6 Å². The van der Waals surface area contributed by atoms with Gasteiger partial charge in [-0.2, -0.15) is 13.2 Å². The Morgan fingerprint density at radius 1 is 1.06 bits per heavy atom. The van der Waals surface area contributed by atoms with Gasteiger partial charge in [-0.15, -0.1) is 11.3 Å². The maximum atomic E-state index is 13.7. The Balaban J connectivity index is 1.33. The van der Waals surface area contributed by atoms with E-state index in [-0.39, 0.29) is 35.2 Å². The number of ketones is 1. The van der Waals surface area contributed by atoms with E-state index in [1.165, 1.54) is 12.1 Å². The molecular formula is C34H36F3N5O5S2. The van der Waals surface area contributed by atoms with E-state index in [2.05, 4.69) is 20.0 Å². The number of fused-ring (bicyclic) bond motifs is 2. The van der Waals surface area contributed by atoms with Gasteiger partial charge in [0, 0.05) is 18.5 Å². The number of halogens is 3. The number of carbonyl (C=O) groups is 2. The molecule has 49 heavy (non-hydrogen) atoms. The SMILES string of the molecule is Cc1c(C)c(S(=O)(=O)NC(N)=NCCCC(NC(=O)c2ccccc2C(F)(F)F)C(=O)c2nc3ccccc3s2)c(C)c2c1OC(C)(C)C2. The molecule has 4 aromatic rings. The third-order valence-corrected chi connectivity index (χ3v) is 11.0. The lowest BCUT2D eigenvalue weighted by atomic mass is 9.94. The Bertz CT molecular complexity index is 2060. The molecule has 5 rings (SSSR count). The first-order chi connectivity index (χ1) is 22.9. The number of nitrogens with zero attached hydrogens (tertiary/aromatic N) is 2. The minimum atomic E-state index is -4.79. The third-order valence-electron chi connectivity index (χ3n) is 8.34. The van der Waals surface area contributed by atoms with Crippen LogP contribution in [0.1, 0.15) is 74.7 Å². The number of para-hydroxylation sites is 1. The molecule has 1 atom stereocenters. The van der Waals surface area contributed by atoms with Crippen LogP contribution in [0, 0.1) is 20.8 Å². The van der Waals surface area contributed by atoms with Crippen LogP contribution < -0.4 is 20.5 Å². The lowest BCUT2D eigenvalue weighted by Gasteiger charge is -2.19. The molecule has 1 aliphatic rings. The highest BCUT2D eigenvalue weighted by atomic mass is 32.2. The first-order valence-corrected chi connectivity index (χ1v) is 17.7. The molecule has 1 aromatic heterocycles. The number of thiazole rings is 1. The Labute approximate surface area is 286 Å². The van der Waals surface area contributed by atoms with E-state index >= 15 is 0 Å². The highest BCUT2D eigenvalue weighted by molar-refractivity contribution is 7.90. The van der Waals surface area contributed by atoms with Crippen LogP contribution in [0.25, 0.3) is 10.2 Å². The second-order valence-corrected chi connectivity index (χ2v) is 15.1. The summed E-state index contributed by atoms with van der Waals surface area (Å²) >= 11 is 1.10. The first-order valence-electron chi connectivity index (χ1n) is 15.4. The predicted octanol–water partition coefficient (Wildman–Crippen LogP) is 6.01. The third kappa shape index (κ3) is 7.57. The number of nitrogens with one attached hydrogen (secondary N) is 2. The number of sulfonamides is 1. The number of aliphatic imine (C=N–C) groups is 1. The molecule has 0 aliphatic carbocycles. The Morgan fingerprint density at radius 2 is 1.73 bits per heavy atom. The maximum Gasteiger partial charge on any atom is 0.417 e. The van der Waals surface area contributed by atoms with Gasteiger partial charge >= 0.3 is 6.18 Å². The summed E-state index contributed by atoms with van der Waals surface area (Å²) in [4.78, 5) is 35.3. The predicted molar refractivity (Wildman–Crippen MR) is 182 cm³/mol. The molecule has 1 aliphatic heterocycles. The van der Waals surface area contributed by atoms with Crippen LogP contribution in [0.5, 0.6) is 5.75 Å². The first kappa shape index (κ1) is 35.8. The van der Waals surface area contributed by atoms with Crippen molar-refractivity contribution in [1.29, 1.82) is 0 Å². The van der Waals surface area contributed by atoms with Crippen molar-refractivity contribution in [2.75, 3.05) is 6.54 Å². The quantitative estimate of drug-likeness (QED) is 0.0787. The molecule has 2 heterocycles. The number of hydrogen-bond donors (Lipinski definition) is 3. The van der Waals surface area contributed by atoms with E-state index < -0.39 is 50.7 Å². The standard InChI is InChI=1S/C34H36F3N5O5S2/c1-18-19(2)29(20(3)22-17-33(4,5)47-28(18)22)49(45,46)42-32(38)39-16-10-14-25(27(43)31-41-24-13-8-9-15-26(24)48-31)40-30(44)21-11-6-7-12-23(21)34(35,36)37/h6-9,11-13,15,25H,10,14,16-17H2,1-5H3,(H,40,44)(H3,38,39,42). The molecule has 0 fully saturated rings. The minimum absolute atomic E-state index is 0.0454. The Kier molecular flexibility index (Phi) is 9.81. The Morgan fingerprint density at radius 3 is 2.43 bits per heavy atom. The van der Waals surface area contributed by atoms with E-state index in [1.807, 2.05) is 13.8 Å². The van der Waals surface area contributed by atoms with Gasteiger partial charge in [0.1, 0.15) is 11.4 Å². The summed E-state index contributed by atoms with van der Waals surface area (Å²) in [6, 6.07) is 10.1. The van der Waals surface area contributed by atoms with Gasteiger partial charge in [-0.25, -0.2) is 18.1 Å². The van der Waals surface area contributed by atoms with Crippen molar-refractivity contribution >= 4 is 49.2 Å². The van der Waals surface area contributed by atoms with Crippen LogP contribution in [0.4, 0.5) is 13.2 Å². The molecule has 0 bridgehead atoms. The molecule has 1 unspecified atom stereocenters. The number of carbonyl (C=O) groups excluding carboxylic acids is 2. The molecule has 15 heteroatoms. The molecule has 10 nitrogen and oxygen atoms in total. The summed E-state index contributed by atoms with van der Waals surface area (Å²) in [7, 11) is -4.15. The van der Waals surface area contributed by atoms with Crippen molar-refractivity contribution in [3.8, 4) is 5.75 Å². The zero-order chi connectivity index (χ0) is 35.9. The second-order valence-electron chi connectivity index (χ2n) is 12.5.